The van der Waals surface area contributed by atoms with E-state index in [1.165, 1.54) is 5.69 Å². The highest BCUT2D eigenvalue weighted by Crippen LogP contribution is 2.41. The molecule has 1 atom stereocenters. The zero-order chi connectivity index (χ0) is 21.7. The van der Waals surface area contributed by atoms with Crippen molar-refractivity contribution in [1.82, 2.24) is 15.6 Å². The van der Waals surface area contributed by atoms with Gasteiger partial charge in [-0.05, 0) is 43.3 Å². The van der Waals surface area contributed by atoms with Gasteiger partial charge in [0.25, 0.3) is 5.91 Å². The minimum Gasteiger partial charge on any atom is -0.381 e. The Labute approximate surface area is 190 Å². The van der Waals surface area contributed by atoms with Gasteiger partial charge in [0.15, 0.2) is 0 Å². The molecule has 4 heterocycles. The Hall–Kier alpha value is -3.16. The second-order valence-electron chi connectivity index (χ2n) is 8.55. The number of hydrogen-bond donors (Lipinski definition) is 3. The molecule has 4 aromatic rings. The number of rotatable bonds is 2. The Bertz CT molecular complexity index is 1320. The summed E-state index contributed by atoms with van der Waals surface area (Å²) in [6, 6.07) is 17.2. The number of aromatic nitrogens is 1. The monoisotopic (exact) mass is 443 g/mol. The van der Waals surface area contributed by atoms with Gasteiger partial charge in [-0.15, -0.1) is 11.3 Å². The fraction of sp³-hybridized carbons (Fsp3) is 0.280. The molecule has 1 unspecified atom stereocenters. The van der Waals surface area contributed by atoms with E-state index in [1.54, 1.807) is 11.3 Å². The number of benzene rings is 2. The minimum absolute atomic E-state index is 0.000931. The van der Waals surface area contributed by atoms with E-state index < -0.39 is 0 Å². The fourth-order valence-corrected chi connectivity index (χ4v) is 5.75. The van der Waals surface area contributed by atoms with E-state index in [9.17, 15) is 4.79 Å². The normalized spacial score (nSPS) is 18.8. The maximum Gasteiger partial charge on any atom is 0.263 e. The first-order valence-corrected chi connectivity index (χ1v) is 12.0. The van der Waals surface area contributed by atoms with Crippen LogP contribution in [0.15, 0.2) is 48.5 Å². The first-order chi connectivity index (χ1) is 15.7. The summed E-state index contributed by atoms with van der Waals surface area (Å²) in [6.07, 6.45) is 0. The maximum absolute atomic E-state index is 12.6. The number of piperazine rings is 1. The number of carbonyl (C=O) groups is 1. The number of pyridine rings is 1. The van der Waals surface area contributed by atoms with E-state index in [2.05, 4.69) is 69.4 Å². The van der Waals surface area contributed by atoms with Gasteiger partial charge in [-0.2, -0.15) is 0 Å². The molecule has 0 bridgehead atoms. The van der Waals surface area contributed by atoms with Crippen LogP contribution < -0.4 is 20.9 Å². The summed E-state index contributed by atoms with van der Waals surface area (Å²) < 4.78 is 1.11. The summed E-state index contributed by atoms with van der Waals surface area (Å²) in [5.74, 6) is 0.000931. The molecular formula is C25H25N5OS. The van der Waals surface area contributed by atoms with Crippen molar-refractivity contribution < 1.29 is 4.79 Å². The lowest BCUT2D eigenvalue weighted by atomic mass is 10.1. The molecule has 1 saturated heterocycles. The summed E-state index contributed by atoms with van der Waals surface area (Å²) in [6.45, 7) is 6.88. The molecule has 3 N–H and O–H groups in total. The Morgan fingerprint density at radius 2 is 1.84 bits per heavy atom. The third-order valence-electron chi connectivity index (χ3n) is 6.34. The molecule has 2 aliphatic heterocycles. The number of hydrogen-bond acceptors (Lipinski definition) is 6. The number of fused-ring (bicyclic) bond motifs is 5. The summed E-state index contributed by atoms with van der Waals surface area (Å²) in [5.41, 5.74) is 5.22. The first kappa shape index (κ1) is 19.5. The molecule has 0 spiro atoms. The number of carbonyl (C=O) groups excluding carboxylic acids is 1. The van der Waals surface area contributed by atoms with Gasteiger partial charge in [-0.1, -0.05) is 12.1 Å². The van der Waals surface area contributed by atoms with Crippen molar-refractivity contribution >= 4 is 49.6 Å². The van der Waals surface area contributed by atoms with E-state index >= 15 is 0 Å². The van der Waals surface area contributed by atoms with Gasteiger partial charge < -0.3 is 20.9 Å². The molecule has 6 rings (SSSR count). The highest BCUT2D eigenvalue weighted by molar-refractivity contribution is 7.21. The highest BCUT2D eigenvalue weighted by atomic mass is 32.1. The molecular weight excluding hydrogens is 418 g/mol. The lowest BCUT2D eigenvalue weighted by Gasteiger charge is -2.29. The molecule has 162 valence electrons. The van der Waals surface area contributed by atoms with Crippen LogP contribution in [-0.2, 0) is 0 Å². The van der Waals surface area contributed by atoms with Gasteiger partial charge in [-0.25, -0.2) is 4.98 Å². The summed E-state index contributed by atoms with van der Waals surface area (Å²) in [7, 11) is 0. The molecule has 1 amide bonds. The third kappa shape index (κ3) is 3.29. The van der Waals surface area contributed by atoms with Crippen molar-refractivity contribution in [3.8, 4) is 11.3 Å². The smallest absolute Gasteiger partial charge is 0.263 e. The summed E-state index contributed by atoms with van der Waals surface area (Å²) in [5, 5.41) is 12.1. The molecule has 0 radical (unpaired) electrons. The van der Waals surface area contributed by atoms with E-state index in [0.717, 1.165) is 69.0 Å². The Balaban J connectivity index is 1.39. The average Bonchev–Trinajstić information content (AvgIpc) is 3.16. The zero-order valence-corrected chi connectivity index (χ0v) is 18.8. The number of nitrogens with zero attached hydrogens (tertiary/aromatic N) is 2. The second-order valence-corrected chi connectivity index (χ2v) is 9.60. The highest BCUT2D eigenvalue weighted by Gasteiger charge is 2.24. The van der Waals surface area contributed by atoms with Crippen LogP contribution in [0.5, 0.6) is 0 Å². The van der Waals surface area contributed by atoms with Crippen LogP contribution in [0.25, 0.3) is 32.2 Å². The van der Waals surface area contributed by atoms with Crippen molar-refractivity contribution in [3.05, 3.63) is 53.4 Å². The number of thiophene rings is 1. The van der Waals surface area contributed by atoms with Gasteiger partial charge in [0.1, 0.15) is 4.88 Å². The van der Waals surface area contributed by atoms with E-state index in [0.29, 0.717) is 6.54 Å². The topological polar surface area (TPSA) is 69.3 Å². The lowest BCUT2D eigenvalue weighted by Crippen LogP contribution is -2.43. The van der Waals surface area contributed by atoms with Crippen LogP contribution in [-0.4, -0.2) is 49.7 Å². The quantitative estimate of drug-likeness (QED) is 0.436. The second kappa shape index (κ2) is 7.76. The SMILES string of the molecule is CC1CNc2c(sc3ccc4nc(-c5ccc(N6CCNCC6)cc5)ccc4c23)C(=O)N1. The van der Waals surface area contributed by atoms with Crippen LogP contribution in [0.3, 0.4) is 0 Å². The minimum atomic E-state index is 0.000931. The van der Waals surface area contributed by atoms with Gasteiger partial charge in [0.05, 0.1) is 16.9 Å². The Kier molecular flexibility index (Phi) is 4.73. The predicted molar refractivity (Wildman–Crippen MR) is 133 cm³/mol. The van der Waals surface area contributed by atoms with Crippen molar-refractivity contribution in [1.29, 1.82) is 0 Å². The zero-order valence-electron chi connectivity index (χ0n) is 17.9. The van der Waals surface area contributed by atoms with E-state index in [-0.39, 0.29) is 11.9 Å². The number of anilines is 2. The van der Waals surface area contributed by atoms with Gasteiger partial charge in [0, 0.05) is 65.5 Å². The molecule has 0 aliphatic carbocycles. The molecule has 2 aliphatic rings. The fourth-order valence-electron chi connectivity index (χ4n) is 4.65. The van der Waals surface area contributed by atoms with Gasteiger partial charge >= 0.3 is 0 Å². The molecule has 2 aromatic heterocycles. The van der Waals surface area contributed by atoms with E-state index in [1.807, 2.05) is 6.92 Å². The molecule has 32 heavy (non-hydrogen) atoms. The molecule has 2 aromatic carbocycles. The van der Waals surface area contributed by atoms with Crippen LogP contribution in [0.4, 0.5) is 11.4 Å². The number of nitrogens with one attached hydrogen (secondary N) is 3. The van der Waals surface area contributed by atoms with Crippen molar-refractivity contribution in [2.75, 3.05) is 42.9 Å². The number of amides is 1. The Morgan fingerprint density at radius 3 is 2.66 bits per heavy atom. The largest absolute Gasteiger partial charge is 0.381 e. The predicted octanol–water partition coefficient (Wildman–Crippen LogP) is 4.07. The lowest BCUT2D eigenvalue weighted by molar-refractivity contribution is 0.0949. The molecule has 0 saturated carbocycles. The van der Waals surface area contributed by atoms with Crippen LogP contribution in [0.1, 0.15) is 16.6 Å². The molecule has 1 fully saturated rings. The van der Waals surface area contributed by atoms with Crippen LogP contribution in [0, 0.1) is 0 Å². The average molecular weight is 444 g/mol. The van der Waals surface area contributed by atoms with Crippen LogP contribution >= 0.6 is 11.3 Å². The summed E-state index contributed by atoms with van der Waals surface area (Å²) >= 11 is 1.54. The summed E-state index contributed by atoms with van der Waals surface area (Å²) in [4.78, 5) is 20.8. The third-order valence-corrected chi connectivity index (χ3v) is 7.49. The molecule has 7 heteroatoms. The van der Waals surface area contributed by atoms with Crippen molar-refractivity contribution in [2.45, 2.75) is 13.0 Å². The van der Waals surface area contributed by atoms with Gasteiger partial charge in [0.2, 0.25) is 0 Å². The molecule has 6 nitrogen and oxygen atoms in total. The van der Waals surface area contributed by atoms with E-state index in [4.69, 9.17) is 4.98 Å². The maximum atomic E-state index is 12.6. The Morgan fingerprint density at radius 1 is 1.03 bits per heavy atom. The first-order valence-electron chi connectivity index (χ1n) is 11.1. The van der Waals surface area contributed by atoms with Gasteiger partial charge in [-0.3, -0.25) is 4.79 Å². The van der Waals surface area contributed by atoms with Crippen molar-refractivity contribution in [2.24, 2.45) is 0 Å². The standard InChI is InChI=1S/C25H25N5OS/c1-15-14-27-23-22-18-6-7-19(16-2-4-17(5-3-16)30-12-10-26-11-13-30)29-20(18)8-9-21(22)32-24(23)25(31)28-15/h2-9,15,26-27H,10-14H2,1H3,(H,28,31). The van der Waals surface area contributed by atoms with Crippen molar-refractivity contribution in [3.63, 3.8) is 0 Å². The van der Waals surface area contributed by atoms with Crippen LogP contribution in [0.2, 0.25) is 0 Å².